The molecule has 2 saturated heterocycles. The lowest BCUT2D eigenvalue weighted by molar-refractivity contribution is -0.123. The summed E-state index contributed by atoms with van der Waals surface area (Å²) in [5, 5.41) is 6.01. The number of fused-ring (bicyclic) bond motifs is 3. The van der Waals surface area contributed by atoms with Crippen LogP contribution < -0.4 is 9.64 Å². The van der Waals surface area contributed by atoms with E-state index in [0.29, 0.717) is 17.0 Å². The number of allylic oxidation sites excluding steroid dienone is 1. The van der Waals surface area contributed by atoms with E-state index in [1.165, 1.54) is 4.90 Å². The molecule has 2 fully saturated rings. The second-order valence-electron chi connectivity index (χ2n) is 8.41. The second kappa shape index (κ2) is 7.44. The first-order valence-electron chi connectivity index (χ1n) is 10.5. The monoisotopic (exact) mass is 429 g/mol. The third-order valence-corrected chi connectivity index (χ3v) is 6.53. The Morgan fingerprint density at radius 3 is 2.41 bits per heavy atom. The first kappa shape index (κ1) is 20.2. The smallest absolute Gasteiger partial charge is 0.240 e. The van der Waals surface area contributed by atoms with E-state index in [1.54, 1.807) is 54.7 Å². The van der Waals surface area contributed by atoms with Crippen molar-refractivity contribution >= 4 is 29.5 Å². The number of aryl methyl sites for hydroxylation is 2. The van der Waals surface area contributed by atoms with Gasteiger partial charge >= 0.3 is 0 Å². The zero-order valence-electron chi connectivity index (χ0n) is 18.1. The Hall–Kier alpha value is -3.74. The maximum atomic E-state index is 13.7. The molecule has 2 aromatic carbocycles. The largest absolute Gasteiger partial charge is 0.497 e. The number of ether oxygens (including phenoxy) is 1. The highest BCUT2D eigenvalue weighted by Gasteiger charge is 2.64. The fourth-order valence-corrected chi connectivity index (χ4v) is 5.06. The van der Waals surface area contributed by atoms with Crippen LogP contribution in [0.1, 0.15) is 21.5 Å². The van der Waals surface area contributed by atoms with Crippen molar-refractivity contribution in [3.8, 4) is 5.75 Å². The maximum absolute atomic E-state index is 13.7. The van der Waals surface area contributed by atoms with Gasteiger partial charge in [0.15, 0.2) is 5.78 Å². The molecule has 2 aromatic rings. The minimum absolute atomic E-state index is 0.235. The summed E-state index contributed by atoms with van der Waals surface area (Å²) in [4.78, 5) is 42.1. The van der Waals surface area contributed by atoms with Crippen LogP contribution in [0, 0.1) is 25.7 Å². The van der Waals surface area contributed by atoms with Crippen molar-refractivity contribution in [3.05, 3.63) is 71.3 Å². The molecule has 0 saturated carbocycles. The molecular formula is C25H23N3O4. The van der Waals surface area contributed by atoms with Crippen molar-refractivity contribution < 1.29 is 19.1 Å². The third-order valence-electron chi connectivity index (χ3n) is 6.53. The Morgan fingerprint density at radius 2 is 1.72 bits per heavy atom. The maximum Gasteiger partial charge on any atom is 0.240 e. The van der Waals surface area contributed by atoms with Crippen LogP contribution in [0.5, 0.6) is 5.75 Å². The van der Waals surface area contributed by atoms with Gasteiger partial charge in [-0.25, -0.2) is 4.90 Å². The lowest BCUT2D eigenvalue weighted by Crippen LogP contribution is -2.46. The summed E-state index contributed by atoms with van der Waals surface area (Å²) in [6.45, 7) is 3.85. The summed E-state index contributed by atoms with van der Waals surface area (Å²) in [6.07, 6.45) is 5.20. The van der Waals surface area contributed by atoms with E-state index >= 15 is 0 Å². The Bertz CT molecular complexity index is 1180. The molecule has 0 unspecified atom stereocenters. The summed E-state index contributed by atoms with van der Waals surface area (Å²) in [5.74, 6) is -1.70. The van der Waals surface area contributed by atoms with Gasteiger partial charge in [0.2, 0.25) is 11.8 Å². The molecule has 2 amide bonds. The van der Waals surface area contributed by atoms with Crippen LogP contribution in [0.4, 0.5) is 5.69 Å². The first-order valence-corrected chi connectivity index (χ1v) is 10.5. The van der Waals surface area contributed by atoms with E-state index < -0.39 is 23.9 Å². The Balaban J connectivity index is 1.57. The summed E-state index contributed by atoms with van der Waals surface area (Å²) in [6, 6.07) is 11.1. The van der Waals surface area contributed by atoms with E-state index in [4.69, 9.17) is 4.74 Å². The SMILES string of the molecule is COc1ccc(C(=O)[C@H]2[C@H]3C(=O)N(c4ccc(C)cc4C)C(=O)[C@H]3[C@@H]3C=CC=NN32)cc1. The highest BCUT2D eigenvalue weighted by Crippen LogP contribution is 2.46. The molecule has 4 atom stereocenters. The second-order valence-corrected chi connectivity index (χ2v) is 8.41. The van der Waals surface area contributed by atoms with Gasteiger partial charge in [0.1, 0.15) is 11.8 Å². The van der Waals surface area contributed by atoms with E-state index in [1.807, 2.05) is 32.1 Å². The zero-order valence-corrected chi connectivity index (χ0v) is 18.1. The minimum atomic E-state index is -0.855. The number of carbonyl (C=O) groups is 3. The molecule has 5 rings (SSSR count). The number of methoxy groups -OCH3 is 1. The predicted molar refractivity (Wildman–Crippen MR) is 120 cm³/mol. The number of Topliss-reactive ketones (excluding diaryl/α,β-unsaturated/α-hetero) is 1. The molecule has 0 spiro atoms. The van der Waals surface area contributed by atoms with E-state index in [2.05, 4.69) is 5.10 Å². The van der Waals surface area contributed by atoms with Crippen molar-refractivity contribution in [1.82, 2.24) is 5.01 Å². The van der Waals surface area contributed by atoms with Gasteiger partial charge in [0, 0.05) is 11.8 Å². The number of rotatable bonds is 4. The highest BCUT2D eigenvalue weighted by atomic mass is 16.5. The summed E-state index contributed by atoms with van der Waals surface area (Å²) in [7, 11) is 1.56. The number of hydrogen-bond donors (Lipinski definition) is 0. The number of hydrogen-bond acceptors (Lipinski definition) is 6. The molecule has 3 aliphatic heterocycles. The predicted octanol–water partition coefficient (Wildman–Crippen LogP) is 2.91. The number of amides is 2. The minimum Gasteiger partial charge on any atom is -0.497 e. The van der Waals surface area contributed by atoms with Gasteiger partial charge < -0.3 is 4.74 Å². The van der Waals surface area contributed by atoms with Gasteiger partial charge in [-0.3, -0.25) is 19.4 Å². The quantitative estimate of drug-likeness (QED) is 0.552. The summed E-state index contributed by atoms with van der Waals surface area (Å²) in [5.41, 5.74) is 2.92. The standard InChI is InChI=1S/C25H23N3O4/c1-14-6-11-18(15(2)13-14)27-24(30)20-19-5-4-12-26-28(19)22(21(20)25(27)31)23(29)16-7-9-17(32-3)10-8-16/h4-13,19-22H,1-3H3/t19-,20-,21-,22+/m0/s1. The van der Waals surface area contributed by atoms with Crippen LogP contribution in [0.3, 0.4) is 0 Å². The molecule has 0 radical (unpaired) electrons. The summed E-state index contributed by atoms with van der Waals surface area (Å²) >= 11 is 0. The molecular weight excluding hydrogens is 406 g/mol. The van der Waals surface area contributed by atoms with Gasteiger partial charge in [0.25, 0.3) is 0 Å². The van der Waals surface area contributed by atoms with Crippen LogP contribution in [-0.2, 0) is 9.59 Å². The topological polar surface area (TPSA) is 79.3 Å². The van der Waals surface area contributed by atoms with Gasteiger partial charge in [-0.05, 0) is 55.8 Å². The molecule has 0 bridgehead atoms. The Labute approximate surface area is 186 Å². The molecule has 0 aromatic heterocycles. The van der Waals surface area contributed by atoms with Gasteiger partial charge in [-0.15, -0.1) is 0 Å². The number of ketones is 1. The lowest BCUT2D eigenvalue weighted by Gasteiger charge is -2.30. The number of carbonyl (C=O) groups excluding carboxylic acids is 3. The van der Waals surface area contributed by atoms with E-state index in [0.717, 1.165) is 11.1 Å². The van der Waals surface area contributed by atoms with Crippen LogP contribution in [-0.4, -0.2) is 48.0 Å². The van der Waals surface area contributed by atoms with Crippen LogP contribution in [0.2, 0.25) is 0 Å². The van der Waals surface area contributed by atoms with Crippen LogP contribution >= 0.6 is 0 Å². The fourth-order valence-electron chi connectivity index (χ4n) is 5.06. The first-order chi connectivity index (χ1) is 15.4. The average Bonchev–Trinajstić information content (AvgIpc) is 3.27. The van der Waals surface area contributed by atoms with Crippen molar-refractivity contribution in [3.63, 3.8) is 0 Å². The zero-order chi connectivity index (χ0) is 22.6. The van der Waals surface area contributed by atoms with Crippen LogP contribution in [0.15, 0.2) is 59.7 Å². The highest BCUT2D eigenvalue weighted by molar-refractivity contribution is 6.25. The fraction of sp³-hybridized carbons (Fsp3) is 0.280. The van der Waals surface area contributed by atoms with Gasteiger partial charge in [0.05, 0.1) is 30.7 Å². The normalized spacial score (nSPS) is 25.8. The molecule has 7 heteroatoms. The van der Waals surface area contributed by atoms with Crippen molar-refractivity contribution in [1.29, 1.82) is 0 Å². The number of anilines is 1. The van der Waals surface area contributed by atoms with Crippen molar-refractivity contribution in [2.24, 2.45) is 16.9 Å². The number of imide groups is 1. The molecule has 0 aliphatic carbocycles. The van der Waals surface area contributed by atoms with E-state index in [9.17, 15) is 14.4 Å². The molecule has 7 nitrogen and oxygen atoms in total. The molecule has 3 aliphatic rings. The molecule has 162 valence electrons. The lowest BCUT2D eigenvalue weighted by atomic mass is 9.86. The molecule has 0 N–H and O–H groups in total. The molecule has 3 heterocycles. The Kier molecular flexibility index (Phi) is 4.69. The van der Waals surface area contributed by atoms with Crippen LogP contribution in [0.25, 0.3) is 0 Å². The average molecular weight is 429 g/mol. The number of nitrogens with zero attached hydrogens (tertiary/aromatic N) is 3. The Morgan fingerprint density at radius 1 is 1.00 bits per heavy atom. The van der Waals surface area contributed by atoms with Gasteiger partial charge in [-0.2, -0.15) is 5.10 Å². The van der Waals surface area contributed by atoms with Crippen molar-refractivity contribution in [2.45, 2.75) is 25.9 Å². The summed E-state index contributed by atoms with van der Waals surface area (Å²) < 4.78 is 5.18. The molecule has 32 heavy (non-hydrogen) atoms. The number of hydrazone groups is 1. The third kappa shape index (κ3) is 2.88. The van der Waals surface area contributed by atoms with E-state index in [-0.39, 0.29) is 17.6 Å². The number of benzene rings is 2. The van der Waals surface area contributed by atoms with Gasteiger partial charge in [-0.1, -0.05) is 23.8 Å². The van der Waals surface area contributed by atoms with Crippen molar-refractivity contribution in [2.75, 3.05) is 12.0 Å².